The van der Waals surface area contributed by atoms with Gasteiger partial charge in [-0.2, -0.15) is 0 Å². The van der Waals surface area contributed by atoms with Crippen molar-refractivity contribution in [1.29, 1.82) is 0 Å². The molecular formula is C24H35ClN8O2S. The number of morpholine rings is 1. The molecule has 0 radical (unpaired) electrons. The number of hydrogen-bond donors (Lipinski definition) is 2. The van der Waals surface area contributed by atoms with Crippen molar-refractivity contribution < 1.29 is 9.53 Å². The van der Waals surface area contributed by atoms with Crippen molar-refractivity contribution in [2.45, 2.75) is 70.6 Å². The third-order valence-corrected chi connectivity index (χ3v) is 8.51. The third kappa shape index (κ3) is 6.62. The Morgan fingerprint density at radius 3 is 2.69 bits per heavy atom. The van der Waals surface area contributed by atoms with E-state index in [9.17, 15) is 4.79 Å². The standard InChI is InChI=1S/C24H35ClN8O2S/c1-24(2)8-5-17(6-9-24)32-11-12-35-18(15-32)13-21(34)27-23-31-30-22(36-23)26-16-7-10-33(14-16)20-4-3-19(25)28-29-20/h3-4,16-18H,5-15H2,1-2H3,(H,26,30)(H,27,31,34)/t16-,18+/m1/s1. The van der Waals surface area contributed by atoms with Gasteiger partial charge in [-0.3, -0.25) is 9.69 Å². The van der Waals surface area contributed by atoms with Crippen LogP contribution in [0.25, 0.3) is 0 Å². The molecule has 10 nitrogen and oxygen atoms in total. The van der Waals surface area contributed by atoms with E-state index in [0.29, 0.717) is 39.9 Å². The monoisotopic (exact) mass is 534 g/mol. The van der Waals surface area contributed by atoms with E-state index in [-0.39, 0.29) is 18.1 Å². The minimum atomic E-state index is -0.0837. The van der Waals surface area contributed by atoms with Gasteiger partial charge >= 0.3 is 0 Å². The molecule has 1 amide bonds. The second-order valence-corrected chi connectivity index (χ2v) is 12.2. The molecule has 196 valence electrons. The van der Waals surface area contributed by atoms with E-state index in [1.165, 1.54) is 37.0 Å². The van der Waals surface area contributed by atoms with Crippen molar-refractivity contribution in [2.24, 2.45) is 5.41 Å². The van der Waals surface area contributed by atoms with Crippen LogP contribution >= 0.6 is 22.9 Å². The molecule has 2 aromatic heterocycles. The molecule has 0 aromatic carbocycles. The van der Waals surface area contributed by atoms with Gasteiger partial charge in [0.1, 0.15) is 0 Å². The third-order valence-electron chi connectivity index (χ3n) is 7.54. The molecule has 4 heterocycles. The first kappa shape index (κ1) is 25.6. The minimum absolute atomic E-state index is 0.0809. The van der Waals surface area contributed by atoms with Crippen LogP contribution in [0.15, 0.2) is 12.1 Å². The summed E-state index contributed by atoms with van der Waals surface area (Å²) >= 11 is 7.19. The van der Waals surface area contributed by atoms with Crippen molar-refractivity contribution >= 4 is 44.9 Å². The van der Waals surface area contributed by atoms with Crippen LogP contribution in [0.3, 0.4) is 0 Å². The summed E-state index contributed by atoms with van der Waals surface area (Å²) in [5.41, 5.74) is 0.458. The first-order valence-electron chi connectivity index (χ1n) is 12.8. The lowest BCUT2D eigenvalue weighted by atomic mass is 9.75. The van der Waals surface area contributed by atoms with Crippen molar-refractivity contribution in [2.75, 3.05) is 48.3 Å². The maximum atomic E-state index is 12.7. The van der Waals surface area contributed by atoms with Gasteiger partial charge in [0, 0.05) is 38.3 Å². The highest BCUT2D eigenvalue weighted by molar-refractivity contribution is 7.19. The van der Waals surface area contributed by atoms with Gasteiger partial charge in [-0.1, -0.05) is 36.8 Å². The second-order valence-electron chi connectivity index (χ2n) is 10.8. The molecule has 2 aliphatic heterocycles. The van der Waals surface area contributed by atoms with Crippen LogP contribution in [-0.2, 0) is 9.53 Å². The van der Waals surface area contributed by atoms with Gasteiger partial charge in [0.25, 0.3) is 0 Å². The quantitative estimate of drug-likeness (QED) is 0.550. The van der Waals surface area contributed by atoms with Crippen LogP contribution in [0.5, 0.6) is 0 Å². The first-order valence-corrected chi connectivity index (χ1v) is 14.0. The van der Waals surface area contributed by atoms with Crippen LogP contribution in [-0.4, -0.2) is 82.2 Å². The molecule has 2 saturated heterocycles. The molecule has 2 N–H and O–H groups in total. The predicted molar refractivity (Wildman–Crippen MR) is 142 cm³/mol. The molecule has 2 atom stereocenters. The number of nitrogens with one attached hydrogen (secondary N) is 2. The van der Waals surface area contributed by atoms with E-state index in [1.54, 1.807) is 6.07 Å². The van der Waals surface area contributed by atoms with E-state index in [2.05, 4.69) is 54.7 Å². The van der Waals surface area contributed by atoms with E-state index in [4.69, 9.17) is 16.3 Å². The Morgan fingerprint density at radius 1 is 1.11 bits per heavy atom. The smallest absolute Gasteiger partial charge is 0.228 e. The lowest BCUT2D eigenvalue weighted by molar-refractivity contribution is -0.122. The van der Waals surface area contributed by atoms with Crippen LogP contribution in [0.4, 0.5) is 16.1 Å². The topological polar surface area (TPSA) is 108 Å². The SMILES string of the molecule is CC1(C)CCC(N2CCO[C@@H](CC(=O)Nc3nnc(N[C@@H]4CCN(c5ccc(Cl)nn5)C4)s3)C2)CC1. The maximum Gasteiger partial charge on any atom is 0.228 e. The summed E-state index contributed by atoms with van der Waals surface area (Å²) in [6, 6.07) is 4.45. The van der Waals surface area contributed by atoms with Crippen LogP contribution < -0.4 is 15.5 Å². The lowest BCUT2D eigenvalue weighted by Gasteiger charge is -2.43. The maximum absolute atomic E-state index is 12.7. The summed E-state index contributed by atoms with van der Waals surface area (Å²) in [6.07, 6.45) is 6.19. The van der Waals surface area contributed by atoms with Gasteiger partial charge in [0.2, 0.25) is 16.2 Å². The highest BCUT2D eigenvalue weighted by Gasteiger charge is 2.33. The summed E-state index contributed by atoms with van der Waals surface area (Å²) in [6.45, 7) is 8.84. The zero-order valence-electron chi connectivity index (χ0n) is 21.0. The van der Waals surface area contributed by atoms with Gasteiger partial charge in [-0.15, -0.1) is 20.4 Å². The van der Waals surface area contributed by atoms with Crippen molar-refractivity contribution in [1.82, 2.24) is 25.3 Å². The van der Waals surface area contributed by atoms with Crippen molar-refractivity contribution in [3.8, 4) is 0 Å². The fourth-order valence-corrected chi connectivity index (χ4v) is 6.23. The summed E-state index contributed by atoms with van der Waals surface area (Å²) in [5.74, 6) is 0.729. The van der Waals surface area contributed by atoms with E-state index < -0.39 is 0 Å². The van der Waals surface area contributed by atoms with Crippen molar-refractivity contribution in [3.63, 3.8) is 0 Å². The van der Waals surface area contributed by atoms with E-state index in [1.807, 2.05) is 6.07 Å². The molecular weight excluding hydrogens is 500 g/mol. The number of hydrogen-bond acceptors (Lipinski definition) is 10. The van der Waals surface area contributed by atoms with Gasteiger partial charge in [-0.25, -0.2) is 0 Å². The Labute approximate surface area is 221 Å². The lowest BCUT2D eigenvalue weighted by Crippen LogP contribution is -2.50. The number of carbonyl (C=O) groups excluding carboxylic acids is 1. The average Bonchev–Trinajstić information content (AvgIpc) is 3.49. The average molecular weight is 535 g/mol. The number of aromatic nitrogens is 4. The highest BCUT2D eigenvalue weighted by atomic mass is 35.5. The predicted octanol–water partition coefficient (Wildman–Crippen LogP) is 3.67. The van der Waals surface area contributed by atoms with E-state index >= 15 is 0 Å². The minimum Gasteiger partial charge on any atom is -0.375 e. The first-order chi connectivity index (χ1) is 17.3. The highest BCUT2D eigenvalue weighted by Crippen LogP contribution is 2.37. The van der Waals surface area contributed by atoms with Gasteiger partial charge in [-0.05, 0) is 49.7 Å². The van der Waals surface area contributed by atoms with Crippen LogP contribution in [0.1, 0.15) is 52.4 Å². The van der Waals surface area contributed by atoms with Crippen LogP contribution in [0, 0.1) is 5.41 Å². The number of nitrogens with zero attached hydrogens (tertiary/aromatic N) is 6. The Balaban J connectivity index is 1.06. The van der Waals surface area contributed by atoms with Crippen LogP contribution in [0.2, 0.25) is 5.15 Å². The van der Waals surface area contributed by atoms with Gasteiger partial charge in [0.15, 0.2) is 11.0 Å². The fraction of sp³-hybridized carbons (Fsp3) is 0.708. The molecule has 3 aliphatic rings. The number of carbonyl (C=O) groups is 1. The van der Waals surface area contributed by atoms with Gasteiger partial charge in [0.05, 0.1) is 19.1 Å². The molecule has 0 bridgehead atoms. The molecule has 36 heavy (non-hydrogen) atoms. The molecule has 0 unspecified atom stereocenters. The summed E-state index contributed by atoms with van der Waals surface area (Å²) in [5, 5.41) is 24.3. The second kappa shape index (κ2) is 11.1. The molecule has 3 fully saturated rings. The Bertz CT molecular complexity index is 1030. The number of ether oxygens (including phenoxy) is 1. The normalized spacial score (nSPS) is 25.1. The number of anilines is 3. The van der Waals surface area contributed by atoms with Gasteiger partial charge < -0.3 is 20.3 Å². The Kier molecular flexibility index (Phi) is 7.90. The molecule has 2 aromatic rings. The molecule has 0 spiro atoms. The van der Waals surface area contributed by atoms with Crippen molar-refractivity contribution in [3.05, 3.63) is 17.3 Å². The zero-order valence-corrected chi connectivity index (χ0v) is 22.5. The molecule has 1 saturated carbocycles. The number of amides is 1. The summed E-state index contributed by atoms with van der Waals surface area (Å²) in [4.78, 5) is 17.4. The largest absolute Gasteiger partial charge is 0.375 e. The number of halogens is 1. The summed E-state index contributed by atoms with van der Waals surface area (Å²) in [7, 11) is 0. The molecule has 5 rings (SSSR count). The summed E-state index contributed by atoms with van der Waals surface area (Å²) < 4.78 is 5.93. The Morgan fingerprint density at radius 2 is 1.92 bits per heavy atom. The fourth-order valence-electron chi connectivity index (χ4n) is 5.39. The Hall–Kier alpha value is -2.08. The van der Waals surface area contributed by atoms with E-state index in [0.717, 1.165) is 38.4 Å². The number of rotatable bonds is 7. The molecule has 1 aliphatic carbocycles. The zero-order chi connectivity index (χ0) is 25.1. The molecule has 12 heteroatoms.